The second kappa shape index (κ2) is 6.19. The number of thiazole rings is 1. The minimum Gasteiger partial charge on any atom is -0.364 e. The summed E-state index contributed by atoms with van der Waals surface area (Å²) in [6, 6.07) is 5.08. The lowest BCUT2D eigenvalue weighted by atomic mass is 10.1. The van der Waals surface area contributed by atoms with E-state index < -0.39 is 0 Å². The van der Waals surface area contributed by atoms with Gasteiger partial charge in [-0.3, -0.25) is 10.1 Å². The average molecular weight is 312 g/mol. The number of nitro benzene ring substituents is 1. The molecule has 20 heavy (non-hydrogen) atoms. The molecule has 0 aliphatic heterocycles. The molecule has 0 amide bonds. The van der Waals surface area contributed by atoms with E-state index in [1.807, 2.05) is 24.9 Å². The molecule has 106 valence electrons. The molecule has 1 aromatic heterocycles. The van der Waals surface area contributed by atoms with Gasteiger partial charge in [0.25, 0.3) is 5.69 Å². The lowest BCUT2D eigenvalue weighted by Crippen LogP contribution is -2.17. The lowest BCUT2D eigenvalue weighted by molar-refractivity contribution is -0.384. The van der Waals surface area contributed by atoms with Crippen LogP contribution in [0.2, 0.25) is 0 Å². The largest absolute Gasteiger partial charge is 0.364 e. The fraction of sp³-hybridized carbons (Fsp3) is 0.308. The molecular formula is C13H14ClN3O2S. The van der Waals surface area contributed by atoms with Crippen molar-refractivity contribution in [3.05, 3.63) is 50.0 Å². The first-order chi connectivity index (χ1) is 9.52. The molecule has 0 spiro atoms. The first-order valence-corrected chi connectivity index (χ1v) is 7.37. The van der Waals surface area contributed by atoms with Crippen molar-refractivity contribution in [3.63, 3.8) is 0 Å². The second-order valence-corrected chi connectivity index (χ2v) is 5.64. The van der Waals surface area contributed by atoms with E-state index in [2.05, 4.69) is 4.98 Å². The van der Waals surface area contributed by atoms with Gasteiger partial charge in [0.2, 0.25) is 0 Å². The Hall–Kier alpha value is -1.66. The maximum absolute atomic E-state index is 11.2. The Morgan fingerprint density at radius 2 is 2.25 bits per heavy atom. The highest BCUT2D eigenvalue weighted by atomic mass is 35.5. The van der Waals surface area contributed by atoms with Crippen LogP contribution in [0.5, 0.6) is 0 Å². The van der Waals surface area contributed by atoms with Gasteiger partial charge in [0.05, 0.1) is 22.7 Å². The minimum absolute atomic E-state index is 0.0767. The molecule has 0 radical (unpaired) electrons. The summed E-state index contributed by atoms with van der Waals surface area (Å²) in [6.45, 7) is 2.53. The number of aromatic nitrogens is 1. The summed E-state index contributed by atoms with van der Waals surface area (Å²) in [5.74, 6) is 0.263. The van der Waals surface area contributed by atoms with Crippen LogP contribution in [-0.4, -0.2) is 17.0 Å². The van der Waals surface area contributed by atoms with Crippen LogP contribution in [0.1, 0.15) is 16.1 Å². The monoisotopic (exact) mass is 311 g/mol. The molecule has 0 aliphatic rings. The van der Waals surface area contributed by atoms with Crippen molar-refractivity contribution in [1.29, 1.82) is 0 Å². The highest BCUT2D eigenvalue weighted by Crippen LogP contribution is 2.30. The number of rotatable bonds is 5. The van der Waals surface area contributed by atoms with Crippen LogP contribution in [0.4, 0.5) is 11.4 Å². The van der Waals surface area contributed by atoms with E-state index in [1.54, 1.807) is 22.9 Å². The predicted molar refractivity (Wildman–Crippen MR) is 81.6 cm³/mol. The Balaban J connectivity index is 2.31. The number of aryl methyl sites for hydroxylation is 1. The number of halogens is 1. The second-order valence-electron chi connectivity index (χ2n) is 4.43. The summed E-state index contributed by atoms with van der Waals surface area (Å²) < 4.78 is 0. The van der Waals surface area contributed by atoms with Crippen LogP contribution in [0.15, 0.2) is 23.7 Å². The van der Waals surface area contributed by atoms with Crippen LogP contribution in [0, 0.1) is 17.0 Å². The minimum atomic E-state index is -0.374. The molecule has 0 saturated heterocycles. The van der Waals surface area contributed by atoms with Gasteiger partial charge in [0, 0.05) is 23.9 Å². The third-order valence-corrected chi connectivity index (χ3v) is 4.26. The van der Waals surface area contributed by atoms with Gasteiger partial charge in [-0.2, -0.15) is 0 Å². The van der Waals surface area contributed by atoms with Crippen LogP contribution in [-0.2, 0) is 12.4 Å². The SMILES string of the molecule is Cc1ncsc1CN(C)c1ccc(CCl)cc1[N+](=O)[O-]. The Morgan fingerprint density at radius 1 is 1.50 bits per heavy atom. The Kier molecular flexibility index (Phi) is 4.57. The number of hydrogen-bond acceptors (Lipinski definition) is 5. The topological polar surface area (TPSA) is 59.3 Å². The van der Waals surface area contributed by atoms with Gasteiger partial charge in [-0.1, -0.05) is 6.07 Å². The van der Waals surface area contributed by atoms with Gasteiger partial charge in [-0.15, -0.1) is 22.9 Å². The average Bonchev–Trinajstić information content (AvgIpc) is 2.83. The van der Waals surface area contributed by atoms with E-state index in [0.717, 1.165) is 16.1 Å². The van der Waals surface area contributed by atoms with Crippen molar-refractivity contribution in [3.8, 4) is 0 Å². The van der Waals surface area contributed by atoms with Gasteiger partial charge < -0.3 is 4.90 Å². The van der Waals surface area contributed by atoms with E-state index in [9.17, 15) is 10.1 Å². The molecule has 1 aromatic carbocycles. The first-order valence-electron chi connectivity index (χ1n) is 5.96. The molecule has 0 aliphatic carbocycles. The summed E-state index contributed by atoms with van der Waals surface area (Å²) >= 11 is 7.28. The number of nitro groups is 1. The number of hydrogen-bond donors (Lipinski definition) is 0. The molecule has 2 rings (SSSR count). The van der Waals surface area contributed by atoms with E-state index in [-0.39, 0.29) is 16.5 Å². The molecule has 0 saturated carbocycles. The quantitative estimate of drug-likeness (QED) is 0.479. The summed E-state index contributed by atoms with van der Waals surface area (Å²) in [7, 11) is 1.84. The van der Waals surface area contributed by atoms with Gasteiger partial charge >= 0.3 is 0 Å². The van der Waals surface area contributed by atoms with Gasteiger partial charge in [-0.25, -0.2) is 4.98 Å². The van der Waals surface area contributed by atoms with E-state index >= 15 is 0 Å². The smallest absolute Gasteiger partial charge is 0.292 e. The lowest BCUT2D eigenvalue weighted by Gasteiger charge is -2.19. The number of nitrogens with zero attached hydrogens (tertiary/aromatic N) is 3. The van der Waals surface area contributed by atoms with Crippen molar-refractivity contribution in [1.82, 2.24) is 4.98 Å². The van der Waals surface area contributed by atoms with Crippen molar-refractivity contribution in [2.45, 2.75) is 19.3 Å². The highest BCUT2D eigenvalue weighted by Gasteiger charge is 2.18. The van der Waals surface area contributed by atoms with Crippen LogP contribution >= 0.6 is 22.9 Å². The molecule has 0 fully saturated rings. The zero-order valence-corrected chi connectivity index (χ0v) is 12.7. The van der Waals surface area contributed by atoms with Crippen molar-refractivity contribution in [2.24, 2.45) is 0 Å². The van der Waals surface area contributed by atoms with Crippen molar-refractivity contribution in [2.75, 3.05) is 11.9 Å². The molecule has 7 heteroatoms. The van der Waals surface area contributed by atoms with E-state index in [1.165, 1.54) is 6.07 Å². The fourth-order valence-corrected chi connectivity index (χ4v) is 2.90. The third-order valence-electron chi connectivity index (χ3n) is 3.03. The standard InChI is InChI=1S/C13H14ClN3O2S/c1-9-13(20-8-15-9)7-16(2)11-4-3-10(6-14)5-12(11)17(18)19/h3-5,8H,6-7H2,1-2H3. The van der Waals surface area contributed by atoms with Gasteiger partial charge in [0.15, 0.2) is 0 Å². The number of alkyl halides is 1. The molecule has 0 atom stereocenters. The Labute approximate surface area is 126 Å². The molecule has 0 unspecified atom stereocenters. The van der Waals surface area contributed by atoms with Crippen LogP contribution < -0.4 is 4.90 Å². The first kappa shape index (κ1) is 14.7. The summed E-state index contributed by atoms with van der Waals surface area (Å²) in [4.78, 5) is 18.0. The van der Waals surface area contributed by atoms with Crippen LogP contribution in [0.3, 0.4) is 0 Å². The van der Waals surface area contributed by atoms with Crippen molar-refractivity contribution >= 4 is 34.3 Å². The summed E-state index contributed by atoms with van der Waals surface area (Å²) in [5, 5.41) is 11.2. The Morgan fingerprint density at radius 3 is 2.80 bits per heavy atom. The molecule has 0 N–H and O–H groups in total. The Bertz CT molecular complexity index is 630. The molecule has 0 bridgehead atoms. The number of anilines is 1. The summed E-state index contributed by atoms with van der Waals surface area (Å²) in [5.41, 5.74) is 4.14. The third kappa shape index (κ3) is 3.08. The van der Waals surface area contributed by atoms with Crippen molar-refractivity contribution < 1.29 is 4.92 Å². The van der Waals surface area contributed by atoms with Gasteiger partial charge in [0.1, 0.15) is 5.69 Å². The molecule has 5 nitrogen and oxygen atoms in total. The molecular weight excluding hydrogens is 298 g/mol. The van der Waals surface area contributed by atoms with Crippen LogP contribution in [0.25, 0.3) is 0 Å². The van der Waals surface area contributed by atoms with E-state index in [0.29, 0.717) is 12.2 Å². The maximum Gasteiger partial charge on any atom is 0.292 e. The predicted octanol–water partition coefficient (Wildman–Crippen LogP) is 3.73. The number of benzene rings is 1. The van der Waals surface area contributed by atoms with Gasteiger partial charge in [-0.05, 0) is 18.6 Å². The normalized spacial score (nSPS) is 10.6. The molecule has 1 heterocycles. The molecule has 2 aromatic rings. The summed E-state index contributed by atoms with van der Waals surface area (Å²) in [6.07, 6.45) is 0. The zero-order chi connectivity index (χ0) is 14.7. The zero-order valence-electron chi connectivity index (χ0n) is 11.2. The highest BCUT2D eigenvalue weighted by molar-refractivity contribution is 7.09. The van der Waals surface area contributed by atoms with E-state index in [4.69, 9.17) is 11.6 Å². The fourth-order valence-electron chi connectivity index (χ4n) is 1.90. The maximum atomic E-state index is 11.2.